The van der Waals surface area contributed by atoms with Crippen molar-refractivity contribution in [3.63, 3.8) is 0 Å². The van der Waals surface area contributed by atoms with Crippen molar-refractivity contribution in [1.29, 1.82) is 0 Å². The zero-order valence-electron chi connectivity index (χ0n) is 15.5. The maximum absolute atomic E-state index is 12.6. The van der Waals surface area contributed by atoms with Gasteiger partial charge in [0.1, 0.15) is 5.56 Å². The molecule has 0 spiro atoms. The normalized spacial score (nSPS) is 16.6. The quantitative estimate of drug-likeness (QED) is 0.622. The molecule has 2 aromatic carbocycles. The largest absolute Gasteiger partial charge is 0.350 e. The number of hydrogen-bond acceptors (Lipinski definition) is 4. The lowest BCUT2D eigenvalue weighted by Crippen LogP contribution is -2.42. The number of carbonyl (C=O) groups excluding carboxylic acids is 1. The highest BCUT2D eigenvalue weighted by Crippen LogP contribution is 2.26. The molecule has 1 aliphatic heterocycles. The number of carbonyl (C=O) groups is 1. The summed E-state index contributed by atoms with van der Waals surface area (Å²) in [5.41, 5.74) is 1.08. The van der Waals surface area contributed by atoms with Gasteiger partial charge in [0.2, 0.25) is 0 Å². The Hall–Kier alpha value is -2.73. The second-order valence-corrected chi connectivity index (χ2v) is 7.13. The van der Waals surface area contributed by atoms with Crippen LogP contribution in [0.25, 0.3) is 0 Å². The molecule has 1 aliphatic rings. The van der Waals surface area contributed by atoms with Gasteiger partial charge in [0.15, 0.2) is 0 Å². The maximum Gasteiger partial charge on any atom is 0.282 e. The Kier molecular flexibility index (Phi) is 6.19. The predicted octanol–water partition coefficient (Wildman–Crippen LogP) is 3.80. The molecule has 142 valence electrons. The van der Waals surface area contributed by atoms with Crippen molar-refractivity contribution < 1.29 is 9.72 Å². The van der Waals surface area contributed by atoms with E-state index in [9.17, 15) is 14.9 Å². The van der Waals surface area contributed by atoms with Gasteiger partial charge in [0.25, 0.3) is 11.6 Å². The number of hydrogen-bond donors (Lipinski definition) is 1. The summed E-state index contributed by atoms with van der Waals surface area (Å²) in [5.74, 6) is 0.313. The number of nitrogens with zero attached hydrogens (tertiary/aromatic N) is 2. The minimum absolute atomic E-state index is 0.0606. The topological polar surface area (TPSA) is 75.5 Å². The molecule has 6 nitrogen and oxygen atoms in total. The van der Waals surface area contributed by atoms with Gasteiger partial charge in [-0.1, -0.05) is 49.4 Å². The van der Waals surface area contributed by atoms with Crippen molar-refractivity contribution in [2.45, 2.75) is 25.8 Å². The average Bonchev–Trinajstić information content (AvgIpc) is 2.70. The number of piperidine rings is 1. The molecule has 1 amide bonds. The summed E-state index contributed by atoms with van der Waals surface area (Å²) in [4.78, 5) is 25.7. The van der Waals surface area contributed by atoms with Crippen LogP contribution in [0, 0.1) is 16.0 Å². The molecule has 27 heavy (non-hydrogen) atoms. The number of nitro benzene ring substituents is 1. The van der Waals surface area contributed by atoms with Gasteiger partial charge < -0.3 is 5.32 Å². The van der Waals surface area contributed by atoms with E-state index in [0.717, 1.165) is 37.4 Å². The molecule has 1 atom stereocenters. The molecular weight excluding hydrogens is 342 g/mol. The Bertz CT molecular complexity index is 786. The van der Waals surface area contributed by atoms with Crippen LogP contribution in [0.5, 0.6) is 0 Å². The molecule has 1 heterocycles. The molecular formula is C21H25N3O3. The van der Waals surface area contributed by atoms with E-state index in [0.29, 0.717) is 6.54 Å². The van der Waals surface area contributed by atoms with Crippen LogP contribution in [0.1, 0.15) is 41.7 Å². The number of nitro groups is 1. The van der Waals surface area contributed by atoms with E-state index < -0.39 is 10.8 Å². The molecule has 1 saturated heterocycles. The van der Waals surface area contributed by atoms with Gasteiger partial charge in [-0.15, -0.1) is 0 Å². The van der Waals surface area contributed by atoms with Crippen molar-refractivity contribution in [2.75, 3.05) is 19.6 Å². The van der Waals surface area contributed by atoms with Gasteiger partial charge in [-0.05, 0) is 43.5 Å². The second kappa shape index (κ2) is 8.77. The van der Waals surface area contributed by atoms with Crippen molar-refractivity contribution in [1.82, 2.24) is 10.2 Å². The van der Waals surface area contributed by atoms with Gasteiger partial charge in [-0.3, -0.25) is 19.8 Å². The standard InChI is InChI=1S/C21H25N3O3/c1-16-11-13-23(14-12-16)20(17-7-3-2-4-8-17)15-22-21(25)18-9-5-6-10-19(18)24(26)27/h2-10,16,20H,11-15H2,1H3,(H,22,25). The minimum atomic E-state index is -0.518. The van der Waals surface area contributed by atoms with Crippen LogP contribution < -0.4 is 5.32 Å². The fourth-order valence-corrected chi connectivity index (χ4v) is 3.58. The van der Waals surface area contributed by atoms with Crippen LogP contribution in [0.3, 0.4) is 0 Å². The van der Waals surface area contributed by atoms with Crippen LogP contribution in [-0.4, -0.2) is 35.4 Å². The van der Waals surface area contributed by atoms with Gasteiger partial charge in [0, 0.05) is 12.6 Å². The molecule has 0 bridgehead atoms. The molecule has 0 aromatic heterocycles. The highest BCUT2D eigenvalue weighted by Gasteiger charge is 2.26. The van der Waals surface area contributed by atoms with Crippen molar-refractivity contribution in [3.05, 3.63) is 75.8 Å². The smallest absolute Gasteiger partial charge is 0.282 e. The average molecular weight is 367 g/mol. The Morgan fingerprint density at radius 3 is 2.44 bits per heavy atom. The van der Waals surface area contributed by atoms with Crippen LogP contribution in [-0.2, 0) is 0 Å². The Morgan fingerprint density at radius 2 is 1.78 bits per heavy atom. The molecule has 2 aromatic rings. The summed E-state index contributed by atoms with van der Waals surface area (Å²) in [6.07, 6.45) is 2.28. The molecule has 3 rings (SSSR count). The van der Waals surface area contributed by atoms with Crippen LogP contribution in [0.4, 0.5) is 5.69 Å². The van der Waals surface area contributed by atoms with E-state index >= 15 is 0 Å². The molecule has 6 heteroatoms. The number of rotatable bonds is 6. The number of para-hydroxylation sites is 1. The van der Waals surface area contributed by atoms with Crippen molar-refractivity contribution in [3.8, 4) is 0 Å². The summed E-state index contributed by atoms with van der Waals surface area (Å²) in [7, 11) is 0. The maximum atomic E-state index is 12.6. The Morgan fingerprint density at radius 1 is 1.15 bits per heavy atom. The third-order valence-electron chi connectivity index (χ3n) is 5.24. The van der Waals surface area contributed by atoms with Crippen LogP contribution in [0.15, 0.2) is 54.6 Å². The zero-order valence-corrected chi connectivity index (χ0v) is 15.5. The van der Waals surface area contributed by atoms with E-state index in [1.165, 1.54) is 12.1 Å². The molecule has 0 saturated carbocycles. The lowest BCUT2D eigenvalue weighted by molar-refractivity contribution is -0.385. The third kappa shape index (κ3) is 4.71. The number of benzene rings is 2. The highest BCUT2D eigenvalue weighted by atomic mass is 16.6. The summed E-state index contributed by atoms with van der Waals surface area (Å²) in [6, 6.07) is 16.2. The fraction of sp³-hybridized carbons (Fsp3) is 0.381. The first-order chi connectivity index (χ1) is 13.1. The van der Waals surface area contributed by atoms with E-state index in [-0.39, 0.29) is 17.3 Å². The van der Waals surface area contributed by atoms with E-state index in [2.05, 4.69) is 29.3 Å². The highest BCUT2D eigenvalue weighted by molar-refractivity contribution is 5.98. The SMILES string of the molecule is CC1CCN(C(CNC(=O)c2ccccc2[N+](=O)[O-])c2ccccc2)CC1. The van der Waals surface area contributed by atoms with Crippen molar-refractivity contribution >= 4 is 11.6 Å². The van der Waals surface area contributed by atoms with Gasteiger partial charge >= 0.3 is 0 Å². The zero-order chi connectivity index (χ0) is 19.2. The lowest BCUT2D eigenvalue weighted by Gasteiger charge is -2.37. The monoisotopic (exact) mass is 367 g/mol. The fourth-order valence-electron chi connectivity index (χ4n) is 3.58. The summed E-state index contributed by atoms with van der Waals surface area (Å²) < 4.78 is 0. The van der Waals surface area contributed by atoms with Crippen LogP contribution >= 0.6 is 0 Å². The van der Waals surface area contributed by atoms with Gasteiger partial charge in [-0.2, -0.15) is 0 Å². The van der Waals surface area contributed by atoms with E-state index in [1.807, 2.05) is 18.2 Å². The number of amides is 1. The minimum Gasteiger partial charge on any atom is -0.350 e. The van der Waals surface area contributed by atoms with Gasteiger partial charge in [-0.25, -0.2) is 0 Å². The van der Waals surface area contributed by atoms with Gasteiger partial charge in [0.05, 0.1) is 11.0 Å². The first kappa shape index (κ1) is 19.0. The van der Waals surface area contributed by atoms with Crippen LogP contribution in [0.2, 0.25) is 0 Å². The lowest BCUT2D eigenvalue weighted by atomic mass is 9.95. The molecule has 0 aliphatic carbocycles. The molecule has 1 unspecified atom stereocenters. The summed E-state index contributed by atoms with van der Waals surface area (Å²) >= 11 is 0. The number of likely N-dealkylation sites (tertiary alicyclic amines) is 1. The van der Waals surface area contributed by atoms with E-state index in [1.54, 1.807) is 12.1 Å². The summed E-state index contributed by atoms with van der Waals surface area (Å²) in [6.45, 7) is 4.67. The molecule has 1 fully saturated rings. The van der Waals surface area contributed by atoms with E-state index in [4.69, 9.17) is 0 Å². The number of nitrogens with one attached hydrogen (secondary N) is 1. The Labute approximate surface area is 159 Å². The molecule has 1 N–H and O–H groups in total. The predicted molar refractivity (Wildman–Crippen MR) is 105 cm³/mol. The third-order valence-corrected chi connectivity index (χ3v) is 5.24. The second-order valence-electron chi connectivity index (χ2n) is 7.13. The summed E-state index contributed by atoms with van der Waals surface area (Å²) in [5, 5.41) is 14.1. The molecule has 0 radical (unpaired) electrons. The first-order valence-electron chi connectivity index (χ1n) is 9.37. The van der Waals surface area contributed by atoms with Crippen molar-refractivity contribution in [2.24, 2.45) is 5.92 Å². The first-order valence-corrected chi connectivity index (χ1v) is 9.37. The Balaban J connectivity index is 1.75.